The zero-order valence-electron chi connectivity index (χ0n) is 15.2. The van der Waals surface area contributed by atoms with Gasteiger partial charge in [0, 0.05) is 7.05 Å². The minimum absolute atomic E-state index is 0.121. The maximum atomic E-state index is 12.3. The lowest BCUT2D eigenvalue weighted by Gasteiger charge is -2.12. The summed E-state index contributed by atoms with van der Waals surface area (Å²) in [6, 6.07) is 13.3. The molecule has 0 unspecified atom stereocenters. The first-order valence-corrected chi connectivity index (χ1v) is 8.48. The van der Waals surface area contributed by atoms with Crippen LogP contribution in [0.2, 0.25) is 0 Å². The molecular weight excluding hydrogens is 332 g/mol. The van der Waals surface area contributed by atoms with Crippen LogP contribution in [0.25, 0.3) is 11.0 Å². The molecule has 0 saturated carbocycles. The molecule has 2 aromatic carbocycles. The first-order valence-electron chi connectivity index (χ1n) is 8.48. The number of hydrogen-bond donors (Lipinski definition) is 0. The normalized spacial score (nSPS) is 10.9. The predicted molar refractivity (Wildman–Crippen MR) is 99.5 cm³/mol. The summed E-state index contributed by atoms with van der Waals surface area (Å²) in [7, 11) is 1.69. The maximum absolute atomic E-state index is 12.3. The number of benzene rings is 2. The van der Waals surface area contributed by atoms with E-state index >= 15 is 0 Å². The van der Waals surface area contributed by atoms with Crippen LogP contribution >= 0.6 is 0 Å². The average molecular weight is 354 g/mol. The Labute approximate surface area is 151 Å². The number of fused-ring (bicyclic) bond motifs is 1. The number of aromatic nitrogens is 2. The molecule has 0 spiro atoms. The van der Waals surface area contributed by atoms with Crippen molar-refractivity contribution in [3.05, 3.63) is 64.1 Å². The van der Waals surface area contributed by atoms with Crippen molar-refractivity contribution in [1.82, 2.24) is 9.13 Å². The number of hydrogen-bond acceptors (Lipinski definition) is 4. The molecule has 136 valence electrons. The van der Waals surface area contributed by atoms with Crippen molar-refractivity contribution in [2.45, 2.75) is 20.4 Å². The largest absolute Gasteiger partial charge is 0.489 e. The third-order valence-corrected chi connectivity index (χ3v) is 4.34. The molecule has 3 aromatic rings. The number of rotatable bonds is 6. The van der Waals surface area contributed by atoms with E-state index in [0.717, 1.165) is 22.4 Å². The summed E-state index contributed by atoms with van der Waals surface area (Å²) < 4.78 is 13.9. The smallest absolute Gasteiger partial charge is 0.329 e. The van der Waals surface area contributed by atoms with Gasteiger partial charge in [0.15, 0.2) is 0 Å². The van der Waals surface area contributed by atoms with Crippen LogP contribution in [0.1, 0.15) is 11.1 Å². The van der Waals surface area contributed by atoms with Gasteiger partial charge in [0.25, 0.3) is 0 Å². The van der Waals surface area contributed by atoms with E-state index in [1.807, 2.05) is 56.3 Å². The van der Waals surface area contributed by atoms with Crippen LogP contribution in [-0.4, -0.2) is 28.3 Å². The Kier molecular flexibility index (Phi) is 5.11. The van der Waals surface area contributed by atoms with Crippen molar-refractivity contribution in [3.8, 4) is 5.75 Å². The number of carbonyl (C=O) groups is 1. The number of carbonyl (C=O) groups excluding carboxylic acids is 1. The van der Waals surface area contributed by atoms with Gasteiger partial charge in [-0.3, -0.25) is 13.9 Å². The zero-order chi connectivity index (χ0) is 18.7. The Bertz CT molecular complexity index is 980. The molecule has 0 aliphatic carbocycles. The fourth-order valence-electron chi connectivity index (χ4n) is 3.02. The van der Waals surface area contributed by atoms with E-state index in [0.29, 0.717) is 5.52 Å². The van der Waals surface area contributed by atoms with Crippen LogP contribution in [0.15, 0.2) is 47.3 Å². The van der Waals surface area contributed by atoms with Gasteiger partial charge in [0.05, 0.1) is 11.0 Å². The summed E-state index contributed by atoms with van der Waals surface area (Å²) in [5, 5.41) is 0. The van der Waals surface area contributed by atoms with E-state index in [1.54, 1.807) is 7.05 Å². The molecule has 3 rings (SSSR count). The number of nitrogens with zero attached hydrogens (tertiary/aromatic N) is 2. The molecule has 0 fully saturated rings. The highest BCUT2D eigenvalue weighted by molar-refractivity contribution is 5.78. The first kappa shape index (κ1) is 17.8. The van der Waals surface area contributed by atoms with Crippen molar-refractivity contribution in [2.75, 3.05) is 13.2 Å². The molecule has 6 nitrogen and oxygen atoms in total. The lowest BCUT2D eigenvalue weighted by molar-refractivity contribution is -0.145. The fraction of sp³-hybridized carbons (Fsp3) is 0.300. The molecule has 0 radical (unpaired) electrons. The quantitative estimate of drug-likeness (QED) is 0.504. The number of aryl methyl sites for hydroxylation is 3. The molecule has 0 N–H and O–H groups in total. The van der Waals surface area contributed by atoms with Crippen LogP contribution in [0.5, 0.6) is 5.75 Å². The van der Waals surface area contributed by atoms with E-state index in [-0.39, 0.29) is 25.4 Å². The molecule has 1 aromatic heterocycles. The Balaban J connectivity index is 1.59. The van der Waals surface area contributed by atoms with Crippen LogP contribution in [0, 0.1) is 13.8 Å². The molecule has 6 heteroatoms. The molecule has 0 bridgehead atoms. The standard InChI is InChI=1S/C20H22N2O4/c1-14-7-6-8-15(2)19(14)26-12-11-25-18(23)13-22-17-10-5-4-9-16(17)21(3)20(22)24/h4-10H,11-13H2,1-3H3. The highest BCUT2D eigenvalue weighted by Gasteiger charge is 2.14. The van der Waals surface area contributed by atoms with Crippen molar-refractivity contribution in [3.63, 3.8) is 0 Å². The first-order chi connectivity index (χ1) is 12.5. The molecule has 0 amide bonds. The number of ether oxygens (including phenoxy) is 2. The van der Waals surface area contributed by atoms with Crippen LogP contribution in [-0.2, 0) is 23.1 Å². The van der Waals surface area contributed by atoms with E-state index in [9.17, 15) is 9.59 Å². The summed E-state index contributed by atoms with van der Waals surface area (Å²) in [5.41, 5.74) is 3.33. The molecule has 0 aliphatic heterocycles. The Morgan fingerprint density at radius 1 is 0.962 bits per heavy atom. The van der Waals surface area contributed by atoms with Crippen molar-refractivity contribution < 1.29 is 14.3 Å². The van der Waals surface area contributed by atoms with Crippen molar-refractivity contribution in [1.29, 1.82) is 0 Å². The van der Waals surface area contributed by atoms with Gasteiger partial charge in [-0.2, -0.15) is 0 Å². The molecule has 0 saturated heterocycles. The number of esters is 1. The molecule has 1 heterocycles. The van der Waals surface area contributed by atoms with Gasteiger partial charge in [0.1, 0.15) is 25.5 Å². The summed E-state index contributed by atoms with van der Waals surface area (Å²) in [4.78, 5) is 24.4. The lowest BCUT2D eigenvalue weighted by Crippen LogP contribution is -2.27. The molecular formula is C20H22N2O4. The molecule has 0 aliphatic rings. The Hall–Kier alpha value is -3.02. The lowest BCUT2D eigenvalue weighted by atomic mass is 10.1. The van der Waals surface area contributed by atoms with Crippen molar-refractivity contribution >= 4 is 17.0 Å². The highest BCUT2D eigenvalue weighted by atomic mass is 16.6. The zero-order valence-corrected chi connectivity index (χ0v) is 15.2. The highest BCUT2D eigenvalue weighted by Crippen LogP contribution is 2.22. The van der Waals surface area contributed by atoms with Gasteiger partial charge in [-0.1, -0.05) is 30.3 Å². The van der Waals surface area contributed by atoms with Gasteiger partial charge in [-0.15, -0.1) is 0 Å². The van der Waals surface area contributed by atoms with E-state index in [1.165, 1.54) is 9.13 Å². The third kappa shape index (κ3) is 3.49. The van der Waals surface area contributed by atoms with Gasteiger partial charge < -0.3 is 9.47 Å². The van der Waals surface area contributed by atoms with Crippen LogP contribution in [0.3, 0.4) is 0 Å². The Morgan fingerprint density at radius 2 is 1.62 bits per heavy atom. The van der Waals surface area contributed by atoms with Crippen LogP contribution in [0.4, 0.5) is 0 Å². The van der Waals surface area contributed by atoms with Gasteiger partial charge in [-0.05, 0) is 37.1 Å². The van der Waals surface area contributed by atoms with Gasteiger partial charge in [-0.25, -0.2) is 4.79 Å². The Morgan fingerprint density at radius 3 is 2.31 bits per heavy atom. The maximum Gasteiger partial charge on any atom is 0.329 e. The summed E-state index contributed by atoms with van der Waals surface area (Å²) in [6.07, 6.45) is 0. The number of para-hydroxylation sites is 3. The van der Waals surface area contributed by atoms with E-state index < -0.39 is 5.97 Å². The van der Waals surface area contributed by atoms with Gasteiger partial charge >= 0.3 is 11.7 Å². The summed E-state index contributed by atoms with van der Waals surface area (Å²) in [6.45, 7) is 4.22. The minimum Gasteiger partial charge on any atom is -0.489 e. The molecule has 0 atom stereocenters. The molecule has 26 heavy (non-hydrogen) atoms. The van der Waals surface area contributed by atoms with E-state index in [4.69, 9.17) is 9.47 Å². The third-order valence-electron chi connectivity index (χ3n) is 4.34. The fourth-order valence-corrected chi connectivity index (χ4v) is 3.02. The average Bonchev–Trinajstić information content (AvgIpc) is 2.86. The van der Waals surface area contributed by atoms with E-state index in [2.05, 4.69) is 0 Å². The minimum atomic E-state index is -0.464. The monoisotopic (exact) mass is 354 g/mol. The van der Waals surface area contributed by atoms with Gasteiger partial charge in [0.2, 0.25) is 0 Å². The number of imidazole rings is 1. The SMILES string of the molecule is Cc1cccc(C)c1OCCOC(=O)Cn1c(=O)n(C)c2ccccc21. The second kappa shape index (κ2) is 7.47. The van der Waals surface area contributed by atoms with Crippen molar-refractivity contribution in [2.24, 2.45) is 7.05 Å². The topological polar surface area (TPSA) is 62.5 Å². The second-order valence-electron chi connectivity index (χ2n) is 6.21. The second-order valence-corrected chi connectivity index (χ2v) is 6.21. The van der Waals surface area contributed by atoms with Crippen LogP contribution < -0.4 is 10.4 Å². The summed E-state index contributed by atoms with van der Waals surface area (Å²) >= 11 is 0. The summed E-state index contributed by atoms with van der Waals surface area (Å²) in [5.74, 6) is 0.349. The predicted octanol–water partition coefficient (Wildman–Crippen LogP) is 2.58.